The van der Waals surface area contributed by atoms with Crippen LogP contribution in [-0.2, 0) is 9.84 Å². The maximum absolute atomic E-state index is 13.0. The van der Waals surface area contributed by atoms with Gasteiger partial charge in [0.2, 0.25) is 0 Å². The average Bonchev–Trinajstić information content (AvgIpc) is 2.27. The van der Waals surface area contributed by atoms with Crippen molar-refractivity contribution in [3.63, 3.8) is 0 Å². The summed E-state index contributed by atoms with van der Waals surface area (Å²) in [6, 6.07) is 3.81. The van der Waals surface area contributed by atoms with E-state index in [9.17, 15) is 17.6 Å². The number of sulfone groups is 1. The zero-order valence-electron chi connectivity index (χ0n) is 10.1. The van der Waals surface area contributed by atoms with Gasteiger partial charge in [0.05, 0.1) is 5.75 Å². The highest BCUT2D eigenvalue weighted by atomic mass is 32.2. The summed E-state index contributed by atoms with van der Waals surface area (Å²) < 4.78 is 36.7. The van der Waals surface area contributed by atoms with Gasteiger partial charge in [0.25, 0.3) is 0 Å². The second-order valence-corrected chi connectivity index (χ2v) is 6.98. The van der Waals surface area contributed by atoms with E-state index in [2.05, 4.69) is 0 Å². The normalized spacial score (nSPS) is 22.7. The monoisotopic (exact) mass is 270 g/mol. The van der Waals surface area contributed by atoms with E-state index >= 15 is 0 Å². The predicted molar refractivity (Wildman–Crippen MR) is 66.9 cm³/mol. The van der Waals surface area contributed by atoms with Gasteiger partial charge in [0.15, 0.2) is 15.6 Å². The minimum Gasteiger partial charge on any atom is -0.293 e. The molecule has 1 fully saturated rings. The zero-order valence-corrected chi connectivity index (χ0v) is 11.0. The van der Waals surface area contributed by atoms with Crippen molar-refractivity contribution in [3.05, 3.63) is 35.1 Å². The second-order valence-electron chi connectivity index (χ2n) is 4.67. The maximum Gasteiger partial charge on any atom is 0.181 e. The van der Waals surface area contributed by atoms with Crippen LogP contribution in [0.15, 0.2) is 18.2 Å². The quantitative estimate of drug-likeness (QED) is 0.775. The molecule has 98 valence electrons. The average molecular weight is 270 g/mol. The number of aryl methyl sites for hydroxylation is 1. The lowest BCUT2D eigenvalue weighted by Crippen LogP contribution is -2.35. The third kappa shape index (κ3) is 2.46. The van der Waals surface area contributed by atoms with Crippen molar-refractivity contribution in [1.29, 1.82) is 0 Å². The third-order valence-electron chi connectivity index (χ3n) is 3.33. The highest BCUT2D eigenvalue weighted by molar-refractivity contribution is 7.92. The lowest BCUT2D eigenvalue weighted by Gasteiger charge is -2.21. The van der Waals surface area contributed by atoms with Gasteiger partial charge in [-0.2, -0.15) is 0 Å². The van der Waals surface area contributed by atoms with Crippen molar-refractivity contribution in [2.45, 2.75) is 31.4 Å². The Kier molecular flexibility index (Phi) is 3.52. The van der Waals surface area contributed by atoms with E-state index in [1.807, 2.05) is 0 Å². The fourth-order valence-corrected chi connectivity index (χ4v) is 4.20. The van der Waals surface area contributed by atoms with Gasteiger partial charge in [0.1, 0.15) is 11.1 Å². The Morgan fingerprint density at radius 3 is 2.67 bits per heavy atom. The molecule has 1 aliphatic rings. The molecule has 1 atom stereocenters. The number of rotatable bonds is 2. The smallest absolute Gasteiger partial charge is 0.181 e. The molecule has 0 aromatic heterocycles. The van der Waals surface area contributed by atoms with Crippen LogP contribution in [0.25, 0.3) is 0 Å². The predicted octanol–water partition coefficient (Wildman–Crippen LogP) is 2.28. The Morgan fingerprint density at radius 2 is 2.06 bits per heavy atom. The van der Waals surface area contributed by atoms with Crippen molar-refractivity contribution in [1.82, 2.24) is 0 Å². The van der Waals surface area contributed by atoms with Crippen LogP contribution >= 0.6 is 0 Å². The molecule has 0 aliphatic carbocycles. The molecule has 1 heterocycles. The Labute approximate surface area is 106 Å². The van der Waals surface area contributed by atoms with Crippen molar-refractivity contribution < 1.29 is 17.6 Å². The van der Waals surface area contributed by atoms with Gasteiger partial charge in [-0.25, -0.2) is 12.8 Å². The lowest BCUT2D eigenvalue weighted by molar-refractivity contribution is 0.0981. The van der Waals surface area contributed by atoms with Gasteiger partial charge in [0, 0.05) is 5.56 Å². The molecular formula is C13H15FO3S. The first-order valence-electron chi connectivity index (χ1n) is 5.94. The molecule has 1 aliphatic heterocycles. The number of carbonyl (C=O) groups excluding carboxylic acids is 1. The molecule has 0 spiro atoms. The van der Waals surface area contributed by atoms with Gasteiger partial charge in [-0.1, -0.05) is 6.42 Å². The molecule has 0 amide bonds. The molecule has 3 nitrogen and oxygen atoms in total. The van der Waals surface area contributed by atoms with Gasteiger partial charge < -0.3 is 0 Å². The van der Waals surface area contributed by atoms with Crippen molar-refractivity contribution in [3.8, 4) is 0 Å². The number of hydrogen-bond acceptors (Lipinski definition) is 3. The highest BCUT2D eigenvalue weighted by Crippen LogP contribution is 2.24. The molecule has 1 saturated heterocycles. The fraction of sp³-hybridized carbons (Fsp3) is 0.462. The van der Waals surface area contributed by atoms with Crippen LogP contribution in [0, 0.1) is 12.7 Å². The van der Waals surface area contributed by atoms with Crippen LogP contribution in [-0.4, -0.2) is 25.2 Å². The van der Waals surface area contributed by atoms with Crippen molar-refractivity contribution in [2.24, 2.45) is 0 Å². The van der Waals surface area contributed by atoms with E-state index in [-0.39, 0.29) is 5.75 Å². The molecule has 1 aromatic carbocycles. The fourth-order valence-electron chi connectivity index (χ4n) is 2.33. The van der Waals surface area contributed by atoms with Crippen LogP contribution in [0.4, 0.5) is 4.39 Å². The highest BCUT2D eigenvalue weighted by Gasteiger charge is 2.35. The summed E-state index contributed by atoms with van der Waals surface area (Å²) in [5.74, 6) is -0.744. The Hall–Kier alpha value is -1.23. The topological polar surface area (TPSA) is 51.2 Å². The molecule has 18 heavy (non-hydrogen) atoms. The minimum absolute atomic E-state index is 0.0731. The summed E-state index contributed by atoms with van der Waals surface area (Å²) in [6.07, 6.45) is 1.74. The molecule has 0 saturated carbocycles. The van der Waals surface area contributed by atoms with Crippen LogP contribution in [0.1, 0.15) is 35.2 Å². The van der Waals surface area contributed by atoms with E-state index in [0.29, 0.717) is 24.0 Å². The number of ketones is 1. The van der Waals surface area contributed by atoms with E-state index in [1.54, 1.807) is 6.92 Å². The van der Waals surface area contributed by atoms with E-state index in [1.165, 1.54) is 18.2 Å². The Balaban J connectivity index is 2.36. The molecule has 2 rings (SSSR count). The first kappa shape index (κ1) is 13.2. The van der Waals surface area contributed by atoms with Crippen molar-refractivity contribution >= 4 is 15.6 Å². The molecule has 1 unspecified atom stereocenters. The second kappa shape index (κ2) is 4.80. The summed E-state index contributed by atoms with van der Waals surface area (Å²) in [4.78, 5) is 12.2. The summed E-state index contributed by atoms with van der Waals surface area (Å²) in [5.41, 5.74) is 0.799. The van der Waals surface area contributed by atoms with Gasteiger partial charge in [-0.3, -0.25) is 4.79 Å². The van der Waals surface area contributed by atoms with Crippen LogP contribution < -0.4 is 0 Å². The Morgan fingerprint density at radius 1 is 1.33 bits per heavy atom. The zero-order chi connectivity index (χ0) is 13.3. The molecular weight excluding hydrogens is 255 g/mol. The third-order valence-corrected chi connectivity index (χ3v) is 5.50. The van der Waals surface area contributed by atoms with Gasteiger partial charge in [-0.15, -0.1) is 0 Å². The maximum atomic E-state index is 13.0. The van der Waals surface area contributed by atoms with Gasteiger partial charge in [-0.05, 0) is 43.5 Å². The molecule has 5 heteroatoms. The SMILES string of the molecule is Cc1cc(F)ccc1C(=O)C1CCCCS1(=O)=O. The number of hydrogen-bond donors (Lipinski definition) is 0. The number of Topliss-reactive ketones (excluding diaryl/α,β-unsaturated/α-hetero) is 1. The van der Waals surface area contributed by atoms with Crippen LogP contribution in [0.5, 0.6) is 0 Å². The van der Waals surface area contributed by atoms with Crippen LogP contribution in [0.2, 0.25) is 0 Å². The van der Waals surface area contributed by atoms with E-state index in [4.69, 9.17) is 0 Å². The van der Waals surface area contributed by atoms with Crippen LogP contribution in [0.3, 0.4) is 0 Å². The lowest BCUT2D eigenvalue weighted by atomic mass is 9.99. The number of benzene rings is 1. The van der Waals surface area contributed by atoms with Crippen molar-refractivity contribution in [2.75, 3.05) is 5.75 Å². The Bertz CT molecular complexity index is 578. The minimum atomic E-state index is -3.34. The first-order chi connectivity index (χ1) is 8.42. The first-order valence-corrected chi connectivity index (χ1v) is 7.65. The number of carbonyl (C=O) groups is 1. The summed E-state index contributed by atoms with van der Waals surface area (Å²) in [5, 5.41) is -0.949. The standard InChI is InChI=1S/C13H15FO3S/c1-9-8-10(14)5-6-11(9)13(15)12-4-2-3-7-18(12,16)17/h5-6,8,12H,2-4,7H2,1H3. The van der Waals surface area contributed by atoms with Gasteiger partial charge >= 0.3 is 0 Å². The molecule has 0 radical (unpaired) electrons. The summed E-state index contributed by atoms with van der Waals surface area (Å²) in [6.45, 7) is 1.62. The largest absolute Gasteiger partial charge is 0.293 e. The number of halogens is 1. The summed E-state index contributed by atoms with van der Waals surface area (Å²) >= 11 is 0. The van der Waals surface area contributed by atoms with E-state index in [0.717, 1.165) is 6.42 Å². The molecule has 1 aromatic rings. The molecule has 0 N–H and O–H groups in total. The van der Waals surface area contributed by atoms with E-state index < -0.39 is 26.7 Å². The summed E-state index contributed by atoms with van der Waals surface area (Å²) in [7, 11) is -3.34. The molecule has 0 bridgehead atoms.